The van der Waals surface area contributed by atoms with Crippen LogP contribution in [0.3, 0.4) is 0 Å². The maximum absolute atomic E-state index is 4.66. The zero-order chi connectivity index (χ0) is 15.5. The average Bonchev–Trinajstić information content (AvgIpc) is 3.00. The summed E-state index contributed by atoms with van der Waals surface area (Å²) in [5, 5.41) is 3.49. The Morgan fingerprint density at radius 2 is 2.04 bits per heavy atom. The van der Waals surface area contributed by atoms with Gasteiger partial charge in [-0.2, -0.15) is 0 Å². The van der Waals surface area contributed by atoms with Crippen molar-refractivity contribution in [2.45, 2.75) is 25.4 Å². The third-order valence-electron chi connectivity index (χ3n) is 4.33. The topological polar surface area (TPSA) is 69.7 Å². The van der Waals surface area contributed by atoms with Crippen LogP contribution in [0.2, 0.25) is 0 Å². The van der Waals surface area contributed by atoms with Crippen molar-refractivity contribution in [1.29, 1.82) is 0 Å². The molecule has 2 N–H and O–H groups in total. The van der Waals surface area contributed by atoms with E-state index in [9.17, 15) is 0 Å². The number of fused-ring (bicyclic) bond motifs is 1. The van der Waals surface area contributed by atoms with Crippen LogP contribution >= 0.6 is 0 Å². The number of piperidine rings is 1. The number of H-pyrrole nitrogens is 1. The number of hydrogen-bond acceptors (Lipinski definition) is 5. The van der Waals surface area contributed by atoms with E-state index in [0.717, 1.165) is 55.2 Å². The maximum atomic E-state index is 4.66. The third kappa shape index (κ3) is 3.32. The molecule has 0 saturated carbocycles. The minimum atomic E-state index is 0.483. The second kappa shape index (κ2) is 6.34. The van der Waals surface area contributed by atoms with Crippen molar-refractivity contribution in [3.63, 3.8) is 0 Å². The molecule has 0 spiro atoms. The van der Waals surface area contributed by atoms with Gasteiger partial charge in [-0.05, 0) is 31.0 Å². The molecular weight excluding hydrogens is 288 g/mol. The molecule has 0 unspecified atom stereocenters. The monoisotopic (exact) mass is 308 g/mol. The second-order valence-corrected chi connectivity index (χ2v) is 5.99. The van der Waals surface area contributed by atoms with Crippen molar-refractivity contribution in [3.8, 4) is 0 Å². The number of likely N-dealkylation sites (tertiary alicyclic amines) is 1. The average molecular weight is 308 g/mol. The summed E-state index contributed by atoms with van der Waals surface area (Å²) in [6.07, 6.45) is 5.58. The first-order valence-corrected chi connectivity index (χ1v) is 8.05. The molecule has 1 aliphatic rings. The number of hydrogen-bond donors (Lipinski definition) is 2. The Kier molecular flexibility index (Phi) is 3.90. The lowest BCUT2D eigenvalue weighted by Gasteiger charge is -2.31. The van der Waals surface area contributed by atoms with Crippen LogP contribution in [0, 0.1) is 0 Å². The molecule has 6 nitrogen and oxygen atoms in total. The number of nitrogens with zero attached hydrogens (tertiary/aromatic N) is 4. The molecule has 0 amide bonds. The number of imidazole rings is 1. The standard InChI is InChI=1S/C17H20N6/c1-2-4-15-14(3-1)21-17(22-15)11-23-9-6-13(7-10-23)20-16-5-8-18-12-19-16/h1-5,8,12-13H,6-7,9-11H2,(H,21,22)(H,18,19,20). The van der Waals surface area contributed by atoms with Crippen molar-refractivity contribution >= 4 is 16.9 Å². The zero-order valence-corrected chi connectivity index (χ0v) is 12.9. The van der Waals surface area contributed by atoms with E-state index in [1.807, 2.05) is 24.3 Å². The molecule has 3 heterocycles. The van der Waals surface area contributed by atoms with E-state index in [1.54, 1.807) is 12.5 Å². The molecule has 0 radical (unpaired) electrons. The third-order valence-corrected chi connectivity index (χ3v) is 4.33. The van der Waals surface area contributed by atoms with Gasteiger partial charge in [-0.3, -0.25) is 4.90 Å². The van der Waals surface area contributed by atoms with Crippen molar-refractivity contribution < 1.29 is 0 Å². The van der Waals surface area contributed by atoms with Gasteiger partial charge in [0.1, 0.15) is 18.0 Å². The molecule has 0 aliphatic carbocycles. The number of rotatable bonds is 4. The predicted molar refractivity (Wildman–Crippen MR) is 90.0 cm³/mol. The Morgan fingerprint density at radius 3 is 2.83 bits per heavy atom. The number of nitrogens with one attached hydrogen (secondary N) is 2. The number of aromatic amines is 1. The Bertz CT molecular complexity index is 728. The van der Waals surface area contributed by atoms with Crippen LogP contribution in [-0.4, -0.2) is 44.0 Å². The van der Waals surface area contributed by atoms with Gasteiger partial charge in [0.05, 0.1) is 17.6 Å². The van der Waals surface area contributed by atoms with E-state index in [2.05, 4.69) is 36.2 Å². The molecule has 1 saturated heterocycles. The smallest absolute Gasteiger partial charge is 0.129 e. The number of aromatic nitrogens is 4. The van der Waals surface area contributed by atoms with E-state index >= 15 is 0 Å². The van der Waals surface area contributed by atoms with Gasteiger partial charge in [0.25, 0.3) is 0 Å². The molecule has 2 aromatic heterocycles. The fourth-order valence-corrected chi connectivity index (χ4v) is 3.11. The van der Waals surface area contributed by atoms with E-state index in [-0.39, 0.29) is 0 Å². The van der Waals surface area contributed by atoms with Crippen LogP contribution in [0.5, 0.6) is 0 Å². The van der Waals surface area contributed by atoms with E-state index in [0.29, 0.717) is 6.04 Å². The van der Waals surface area contributed by atoms with Crippen LogP contribution in [0.1, 0.15) is 18.7 Å². The Morgan fingerprint density at radius 1 is 1.17 bits per heavy atom. The maximum Gasteiger partial charge on any atom is 0.129 e. The summed E-state index contributed by atoms with van der Waals surface area (Å²) >= 11 is 0. The fraction of sp³-hybridized carbons (Fsp3) is 0.353. The number of para-hydroxylation sites is 2. The summed E-state index contributed by atoms with van der Waals surface area (Å²) in [4.78, 5) is 18.7. The number of anilines is 1. The van der Waals surface area contributed by atoms with Crippen LogP contribution < -0.4 is 5.32 Å². The molecule has 1 aliphatic heterocycles. The minimum Gasteiger partial charge on any atom is -0.367 e. The summed E-state index contributed by atoms with van der Waals surface area (Å²) in [6, 6.07) is 10.6. The van der Waals surface area contributed by atoms with Crippen LogP contribution in [0.4, 0.5) is 5.82 Å². The van der Waals surface area contributed by atoms with Gasteiger partial charge >= 0.3 is 0 Å². The largest absolute Gasteiger partial charge is 0.367 e. The van der Waals surface area contributed by atoms with Crippen molar-refractivity contribution in [3.05, 3.63) is 48.7 Å². The predicted octanol–water partition coefficient (Wildman–Crippen LogP) is 2.43. The van der Waals surface area contributed by atoms with Gasteiger partial charge < -0.3 is 10.3 Å². The molecule has 0 atom stereocenters. The molecule has 6 heteroatoms. The minimum absolute atomic E-state index is 0.483. The first-order valence-electron chi connectivity index (χ1n) is 8.05. The highest BCUT2D eigenvalue weighted by atomic mass is 15.2. The van der Waals surface area contributed by atoms with Crippen molar-refractivity contribution in [1.82, 2.24) is 24.8 Å². The lowest BCUT2D eigenvalue weighted by atomic mass is 10.1. The molecule has 3 aromatic rings. The highest BCUT2D eigenvalue weighted by molar-refractivity contribution is 5.74. The zero-order valence-electron chi connectivity index (χ0n) is 12.9. The summed E-state index contributed by atoms with van der Waals surface area (Å²) in [5.74, 6) is 1.96. The molecule has 23 heavy (non-hydrogen) atoms. The molecular formula is C17H20N6. The second-order valence-electron chi connectivity index (χ2n) is 5.99. The number of benzene rings is 1. The Labute approximate surface area is 135 Å². The summed E-state index contributed by atoms with van der Waals surface area (Å²) < 4.78 is 0. The lowest BCUT2D eigenvalue weighted by Crippen LogP contribution is -2.39. The normalized spacial score (nSPS) is 16.7. The Hall–Kier alpha value is -2.47. The summed E-state index contributed by atoms with van der Waals surface area (Å²) in [7, 11) is 0. The first-order chi connectivity index (χ1) is 11.4. The first kappa shape index (κ1) is 14.1. The van der Waals surface area contributed by atoms with Gasteiger partial charge in [0.2, 0.25) is 0 Å². The van der Waals surface area contributed by atoms with Gasteiger partial charge in [0.15, 0.2) is 0 Å². The van der Waals surface area contributed by atoms with E-state index in [1.165, 1.54) is 0 Å². The summed E-state index contributed by atoms with van der Waals surface area (Å²) in [6.45, 7) is 3.02. The molecule has 118 valence electrons. The van der Waals surface area contributed by atoms with Crippen molar-refractivity contribution in [2.75, 3.05) is 18.4 Å². The quantitative estimate of drug-likeness (QED) is 0.774. The highest BCUT2D eigenvalue weighted by Crippen LogP contribution is 2.17. The highest BCUT2D eigenvalue weighted by Gasteiger charge is 2.20. The van der Waals surface area contributed by atoms with E-state index in [4.69, 9.17) is 0 Å². The van der Waals surface area contributed by atoms with Crippen LogP contribution in [0.25, 0.3) is 11.0 Å². The molecule has 0 bridgehead atoms. The van der Waals surface area contributed by atoms with E-state index < -0.39 is 0 Å². The van der Waals surface area contributed by atoms with Gasteiger partial charge in [-0.15, -0.1) is 0 Å². The SMILES string of the molecule is c1ccc2[nH]c(CN3CCC(Nc4ccncn4)CC3)nc2c1. The van der Waals surface area contributed by atoms with Crippen LogP contribution in [-0.2, 0) is 6.54 Å². The van der Waals surface area contributed by atoms with Gasteiger partial charge in [-0.1, -0.05) is 12.1 Å². The fourth-order valence-electron chi connectivity index (χ4n) is 3.11. The van der Waals surface area contributed by atoms with Gasteiger partial charge in [-0.25, -0.2) is 15.0 Å². The molecule has 4 rings (SSSR count). The van der Waals surface area contributed by atoms with Gasteiger partial charge in [0, 0.05) is 25.3 Å². The summed E-state index contributed by atoms with van der Waals surface area (Å²) in [5.41, 5.74) is 2.16. The lowest BCUT2D eigenvalue weighted by molar-refractivity contribution is 0.207. The molecule has 1 aromatic carbocycles. The Balaban J connectivity index is 1.32. The molecule has 1 fully saturated rings. The van der Waals surface area contributed by atoms with Crippen LogP contribution in [0.15, 0.2) is 42.9 Å². The van der Waals surface area contributed by atoms with Crippen molar-refractivity contribution in [2.24, 2.45) is 0 Å².